The topological polar surface area (TPSA) is 46.1 Å². The zero-order valence-corrected chi connectivity index (χ0v) is 19.0. The lowest BCUT2D eigenvalue weighted by molar-refractivity contribution is 0.00991. The van der Waals surface area contributed by atoms with Crippen LogP contribution in [0.5, 0.6) is 0 Å². The Kier molecular flexibility index (Phi) is 13.4. The minimum atomic E-state index is 0. The predicted octanol–water partition coefficient (Wildman–Crippen LogP) is 3.98. The fourth-order valence-corrected chi connectivity index (χ4v) is 3.55. The Morgan fingerprint density at radius 1 is 1.27 bits per heavy atom. The van der Waals surface area contributed by atoms with Crippen LogP contribution in [-0.2, 0) is 9.47 Å². The number of methoxy groups -OCH3 is 1. The summed E-state index contributed by atoms with van der Waals surface area (Å²) in [5, 5.41) is 3.46. The lowest BCUT2D eigenvalue weighted by atomic mass is 9.97. The van der Waals surface area contributed by atoms with E-state index >= 15 is 0 Å². The number of halogens is 1. The van der Waals surface area contributed by atoms with Gasteiger partial charge < -0.3 is 19.7 Å². The molecule has 1 aliphatic carbocycles. The average Bonchev–Trinajstić information content (AvgIpc) is 2.66. The Balaban J connectivity index is 0.00000338. The molecule has 0 unspecified atom stereocenters. The van der Waals surface area contributed by atoms with Crippen LogP contribution in [0.3, 0.4) is 0 Å². The number of rotatable bonds is 9. The van der Waals surface area contributed by atoms with E-state index in [4.69, 9.17) is 14.5 Å². The molecule has 0 spiro atoms. The van der Waals surface area contributed by atoms with E-state index in [1.165, 1.54) is 25.7 Å². The molecule has 6 heteroatoms. The number of likely N-dealkylation sites (tertiary alicyclic amines) is 1. The first-order valence-corrected chi connectivity index (χ1v) is 10.1. The van der Waals surface area contributed by atoms with Crippen LogP contribution in [0.1, 0.15) is 58.3 Å². The maximum absolute atomic E-state index is 5.96. The van der Waals surface area contributed by atoms with E-state index in [1.54, 1.807) is 12.7 Å². The van der Waals surface area contributed by atoms with Crippen molar-refractivity contribution in [3.8, 4) is 0 Å². The highest BCUT2D eigenvalue weighted by atomic mass is 127. The third-order valence-electron chi connectivity index (χ3n) is 5.00. The number of ether oxygens (including phenoxy) is 2. The number of allylic oxidation sites excluding steroid dienone is 1. The minimum Gasteiger partial charge on any atom is -0.385 e. The van der Waals surface area contributed by atoms with Gasteiger partial charge in [-0.15, -0.1) is 24.0 Å². The third-order valence-corrected chi connectivity index (χ3v) is 5.00. The summed E-state index contributed by atoms with van der Waals surface area (Å²) in [4.78, 5) is 7.27. The van der Waals surface area contributed by atoms with Crippen LogP contribution < -0.4 is 5.32 Å². The molecule has 1 heterocycles. The largest absolute Gasteiger partial charge is 0.385 e. The van der Waals surface area contributed by atoms with Gasteiger partial charge in [-0.3, -0.25) is 4.99 Å². The predicted molar refractivity (Wildman–Crippen MR) is 120 cm³/mol. The van der Waals surface area contributed by atoms with Gasteiger partial charge in [-0.05, 0) is 58.3 Å². The molecule has 0 aromatic heterocycles. The van der Waals surface area contributed by atoms with Gasteiger partial charge in [0, 0.05) is 46.5 Å². The molecule has 0 saturated carbocycles. The van der Waals surface area contributed by atoms with Crippen molar-refractivity contribution in [1.82, 2.24) is 10.2 Å². The van der Waals surface area contributed by atoms with Crippen molar-refractivity contribution < 1.29 is 9.47 Å². The Morgan fingerprint density at radius 3 is 2.73 bits per heavy atom. The monoisotopic (exact) mass is 479 g/mol. The van der Waals surface area contributed by atoms with Crippen LogP contribution in [0.15, 0.2) is 16.6 Å². The van der Waals surface area contributed by atoms with E-state index in [0.29, 0.717) is 6.10 Å². The second kappa shape index (κ2) is 14.7. The molecule has 0 aromatic carbocycles. The van der Waals surface area contributed by atoms with Crippen molar-refractivity contribution in [1.29, 1.82) is 0 Å². The van der Waals surface area contributed by atoms with Crippen LogP contribution in [0.25, 0.3) is 0 Å². The van der Waals surface area contributed by atoms with Gasteiger partial charge >= 0.3 is 0 Å². The van der Waals surface area contributed by atoms with E-state index in [2.05, 4.69) is 23.2 Å². The molecule has 1 fully saturated rings. The van der Waals surface area contributed by atoms with Gasteiger partial charge in [0.05, 0.1) is 6.10 Å². The van der Waals surface area contributed by atoms with E-state index in [-0.39, 0.29) is 24.0 Å². The number of nitrogens with one attached hydrogen (secondary N) is 1. The van der Waals surface area contributed by atoms with Crippen molar-refractivity contribution in [2.24, 2.45) is 4.99 Å². The van der Waals surface area contributed by atoms with Gasteiger partial charge in [-0.25, -0.2) is 0 Å². The molecule has 0 radical (unpaired) electrons. The van der Waals surface area contributed by atoms with Gasteiger partial charge in [-0.1, -0.05) is 11.6 Å². The van der Waals surface area contributed by atoms with Crippen LogP contribution in [0.4, 0.5) is 0 Å². The average molecular weight is 479 g/mol. The SMILES string of the molecule is CCNC(=NCCC1=CCCCC1)N1CCC(OCCCOC)CC1.I. The first-order chi connectivity index (χ1) is 12.3. The molecule has 0 amide bonds. The summed E-state index contributed by atoms with van der Waals surface area (Å²) in [6.07, 6.45) is 12.3. The van der Waals surface area contributed by atoms with Crippen molar-refractivity contribution in [2.45, 2.75) is 64.4 Å². The summed E-state index contributed by atoms with van der Waals surface area (Å²) in [7, 11) is 1.74. The van der Waals surface area contributed by atoms with E-state index < -0.39 is 0 Å². The van der Waals surface area contributed by atoms with Crippen molar-refractivity contribution in [3.05, 3.63) is 11.6 Å². The molecule has 5 nitrogen and oxygen atoms in total. The summed E-state index contributed by atoms with van der Waals surface area (Å²) >= 11 is 0. The smallest absolute Gasteiger partial charge is 0.193 e. The maximum atomic E-state index is 5.96. The number of hydrogen-bond donors (Lipinski definition) is 1. The fourth-order valence-electron chi connectivity index (χ4n) is 3.55. The molecule has 1 saturated heterocycles. The molecule has 152 valence electrons. The third kappa shape index (κ3) is 9.04. The van der Waals surface area contributed by atoms with Gasteiger partial charge in [0.1, 0.15) is 0 Å². The first-order valence-electron chi connectivity index (χ1n) is 10.1. The van der Waals surface area contributed by atoms with Crippen LogP contribution in [0.2, 0.25) is 0 Å². The molecule has 1 N–H and O–H groups in total. The molecular formula is C20H38IN3O2. The highest BCUT2D eigenvalue weighted by Gasteiger charge is 2.21. The van der Waals surface area contributed by atoms with Crippen LogP contribution in [-0.4, -0.2) is 63.5 Å². The number of guanidine groups is 1. The van der Waals surface area contributed by atoms with Gasteiger partial charge in [-0.2, -0.15) is 0 Å². The second-order valence-electron chi connectivity index (χ2n) is 7.00. The summed E-state index contributed by atoms with van der Waals surface area (Å²) < 4.78 is 11.0. The van der Waals surface area contributed by atoms with Gasteiger partial charge in [0.15, 0.2) is 5.96 Å². The van der Waals surface area contributed by atoms with Crippen LogP contribution >= 0.6 is 24.0 Å². The number of hydrogen-bond acceptors (Lipinski definition) is 3. The lowest BCUT2D eigenvalue weighted by Crippen LogP contribution is -2.47. The summed E-state index contributed by atoms with van der Waals surface area (Å²) in [5.41, 5.74) is 1.61. The first kappa shape index (κ1) is 23.7. The second-order valence-corrected chi connectivity index (χ2v) is 7.00. The van der Waals surface area contributed by atoms with Crippen LogP contribution in [0, 0.1) is 0 Å². The minimum absolute atomic E-state index is 0. The lowest BCUT2D eigenvalue weighted by Gasteiger charge is -2.34. The Morgan fingerprint density at radius 2 is 2.08 bits per heavy atom. The summed E-state index contributed by atoms with van der Waals surface area (Å²) in [6, 6.07) is 0. The molecule has 2 aliphatic rings. The maximum Gasteiger partial charge on any atom is 0.193 e. The Bertz CT molecular complexity index is 421. The summed E-state index contributed by atoms with van der Waals surface area (Å²) in [5.74, 6) is 1.08. The molecular weight excluding hydrogens is 441 g/mol. The van der Waals surface area contributed by atoms with Crippen molar-refractivity contribution in [3.63, 3.8) is 0 Å². The van der Waals surface area contributed by atoms with Gasteiger partial charge in [0.25, 0.3) is 0 Å². The molecule has 0 aromatic rings. The normalized spacial score (nSPS) is 19.1. The Hall–Kier alpha value is -0.340. The fraction of sp³-hybridized carbons (Fsp3) is 0.850. The molecule has 2 rings (SSSR count). The quantitative estimate of drug-likeness (QED) is 0.179. The Labute approximate surface area is 177 Å². The standard InChI is InChI=1S/C20H37N3O2.HI/c1-3-21-20(22-13-10-18-8-5-4-6-9-18)23-14-11-19(12-15-23)25-17-7-16-24-2;/h8,19H,3-7,9-17H2,1-2H3,(H,21,22);1H. The van der Waals surface area contributed by atoms with Crippen molar-refractivity contribution in [2.75, 3.05) is 46.5 Å². The number of piperidine rings is 1. The molecule has 0 atom stereocenters. The van der Waals surface area contributed by atoms with Gasteiger partial charge in [0.2, 0.25) is 0 Å². The van der Waals surface area contributed by atoms with Crippen molar-refractivity contribution >= 4 is 29.9 Å². The molecule has 1 aliphatic heterocycles. The van der Waals surface area contributed by atoms with E-state index in [1.807, 2.05) is 0 Å². The highest BCUT2D eigenvalue weighted by molar-refractivity contribution is 14.0. The van der Waals surface area contributed by atoms with E-state index in [9.17, 15) is 0 Å². The summed E-state index contributed by atoms with van der Waals surface area (Å²) in [6.45, 7) is 7.63. The van der Waals surface area contributed by atoms with E-state index in [0.717, 1.165) is 71.0 Å². The highest BCUT2D eigenvalue weighted by Crippen LogP contribution is 2.20. The molecule has 0 bridgehead atoms. The zero-order valence-electron chi connectivity index (χ0n) is 16.7. The number of aliphatic imine (C=N–C) groups is 1. The molecule has 26 heavy (non-hydrogen) atoms. The zero-order chi connectivity index (χ0) is 17.7. The number of nitrogens with zero attached hydrogens (tertiary/aromatic N) is 2.